The molecule has 0 saturated carbocycles. The summed E-state index contributed by atoms with van der Waals surface area (Å²) in [5.74, 6) is 0.126. The van der Waals surface area contributed by atoms with Gasteiger partial charge in [0, 0.05) is 36.8 Å². The SMILES string of the molecule is COc1ccc(CC(=O)O)c(OCc2nn(C)c3ccc(-c4ccnc(CN)c4)cc23)c1. The molecule has 0 atom stereocenters. The number of pyridine rings is 1. The zero-order valence-corrected chi connectivity index (χ0v) is 17.9. The molecule has 0 amide bonds. The Hall–Kier alpha value is -3.91. The quantitative estimate of drug-likeness (QED) is 0.439. The summed E-state index contributed by atoms with van der Waals surface area (Å²) in [6, 6.07) is 15.2. The van der Waals surface area contributed by atoms with Crippen molar-refractivity contribution in [1.29, 1.82) is 0 Å². The molecule has 4 rings (SSSR count). The number of hydrogen-bond acceptors (Lipinski definition) is 6. The molecule has 0 fully saturated rings. The van der Waals surface area contributed by atoms with E-state index < -0.39 is 5.97 Å². The zero-order chi connectivity index (χ0) is 22.7. The Labute approximate surface area is 185 Å². The van der Waals surface area contributed by atoms with Gasteiger partial charge in [-0.3, -0.25) is 14.5 Å². The maximum atomic E-state index is 11.2. The third-order valence-electron chi connectivity index (χ3n) is 5.27. The summed E-state index contributed by atoms with van der Waals surface area (Å²) in [6.45, 7) is 0.562. The maximum Gasteiger partial charge on any atom is 0.307 e. The molecule has 4 aromatic rings. The number of carbonyl (C=O) groups is 1. The van der Waals surface area contributed by atoms with Crippen LogP contribution in [0.1, 0.15) is 17.0 Å². The van der Waals surface area contributed by atoms with Crippen molar-refractivity contribution in [3.05, 3.63) is 71.7 Å². The van der Waals surface area contributed by atoms with Gasteiger partial charge in [-0.05, 0) is 41.5 Å². The van der Waals surface area contributed by atoms with Crippen molar-refractivity contribution in [2.75, 3.05) is 7.11 Å². The molecular weight excluding hydrogens is 408 g/mol. The van der Waals surface area contributed by atoms with Crippen LogP contribution in [0.25, 0.3) is 22.0 Å². The standard InChI is InChI=1S/C24H24N4O4/c1-28-22-6-4-15(16-7-8-26-18(9-16)13-25)10-20(22)21(27-28)14-32-23-12-19(31-2)5-3-17(23)11-24(29)30/h3-10,12H,11,13-14,25H2,1-2H3,(H,29,30). The van der Waals surface area contributed by atoms with Gasteiger partial charge in [0.15, 0.2) is 0 Å². The van der Waals surface area contributed by atoms with Crippen molar-refractivity contribution < 1.29 is 19.4 Å². The number of aryl methyl sites for hydroxylation is 1. The van der Waals surface area contributed by atoms with Gasteiger partial charge in [-0.25, -0.2) is 0 Å². The van der Waals surface area contributed by atoms with Gasteiger partial charge in [0.1, 0.15) is 23.8 Å². The van der Waals surface area contributed by atoms with Crippen molar-refractivity contribution in [3.8, 4) is 22.6 Å². The number of nitrogens with zero attached hydrogens (tertiary/aromatic N) is 3. The van der Waals surface area contributed by atoms with Crippen molar-refractivity contribution in [2.45, 2.75) is 19.6 Å². The highest BCUT2D eigenvalue weighted by Gasteiger charge is 2.14. The second-order valence-electron chi connectivity index (χ2n) is 7.38. The van der Waals surface area contributed by atoms with E-state index in [9.17, 15) is 9.90 Å². The second-order valence-corrected chi connectivity index (χ2v) is 7.38. The Kier molecular flexibility index (Phi) is 6.04. The Balaban J connectivity index is 1.67. The van der Waals surface area contributed by atoms with E-state index >= 15 is 0 Å². The van der Waals surface area contributed by atoms with E-state index in [0.717, 1.165) is 33.4 Å². The molecule has 0 bridgehead atoms. The van der Waals surface area contributed by atoms with Gasteiger partial charge < -0.3 is 20.3 Å². The third kappa shape index (κ3) is 4.40. The van der Waals surface area contributed by atoms with Gasteiger partial charge in [-0.1, -0.05) is 12.1 Å². The molecule has 0 saturated heterocycles. The van der Waals surface area contributed by atoms with E-state index in [0.29, 0.717) is 23.6 Å². The topological polar surface area (TPSA) is 112 Å². The van der Waals surface area contributed by atoms with Crippen LogP contribution in [0, 0.1) is 0 Å². The van der Waals surface area contributed by atoms with Crippen molar-refractivity contribution in [1.82, 2.24) is 14.8 Å². The predicted molar refractivity (Wildman–Crippen MR) is 121 cm³/mol. The van der Waals surface area contributed by atoms with Gasteiger partial charge in [-0.15, -0.1) is 0 Å². The number of methoxy groups -OCH3 is 1. The fraction of sp³-hybridized carbons (Fsp3) is 0.208. The number of aromatic nitrogens is 3. The van der Waals surface area contributed by atoms with Gasteiger partial charge in [0.2, 0.25) is 0 Å². The number of carboxylic acid groups (broad SMARTS) is 1. The van der Waals surface area contributed by atoms with Gasteiger partial charge >= 0.3 is 5.97 Å². The number of benzene rings is 2. The minimum absolute atomic E-state index is 0.141. The molecule has 0 spiro atoms. The fourth-order valence-electron chi connectivity index (χ4n) is 3.65. The number of ether oxygens (including phenoxy) is 2. The highest BCUT2D eigenvalue weighted by molar-refractivity contribution is 5.87. The van der Waals surface area contributed by atoms with E-state index in [-0.39, 0.29) is 13.0 Å². The molecule has 0 aliphatic heterocycles. The highest BCUT2D eigenvalue weighted by Crippen LogP contribution is 2.29. The van der Waals surface area contributed by atoms with Gasteiger partial charge in [0.05, 0.1) is 24.7 Å². The van der Waals surface area contributed by atoms with Crippen LogP contribution in [0.3, 0.4) is 0 Å². The fourth-order valence-corrected chi connectivity index (χ4v) is 3.65. The summed E-state index contributed by atoms with van der Waals surface area (Å²) in [6.07, 6.45) is 1.61. The monoisotopic (exact) mass is 432 g/mol. The average molecular weight is 432 g/mol. The van der Waals surface area contributed by atoms with E-state index in [1.807, 2.05) is 31.3 Å². The Morgan fingerprint density at radius 1 is 1.12 bits per heavy atom. The smallest absolute Gasteiger partial charge is 0.307 e. The van der Waals surface area contributed by atoms with Gasteiger partial charge in [0.25, 0.3) is 0 Å². The maximum absolute atomic E-state index is 11.2. The first-order valence-corrected chi connectivity index (χ1v) is 10.1. The number of carboxylic acids is 1. The van der Waals surface area contributed by atoms with E-state index in [2.05, 4.69) is 16.1 Å². The van der Waals surface area contributed by atoms with Crippen LogP contribution in [-0.4, -0.2) is 33.0 Å². The zero-order valence-electron chi connectivity index (χ0n) is 17.9. The summed E-state index contributed by atoms with van der Waals surface area (Å²) in [5.41, 5.74) is 10.9. The molecule has 2 aromatic carbocycles. The van der Waals surface area contributed by atoms with E-state index in [1.165, 1.54) is 0 Å². The first kappa shape index (κ1) is 21.3. The minimum Gasteiger partial charge on any atom is -0.497 e. The molecule has 0 aliphatic rings. The molecule has 2 heterocycles. The summed E-state index contributed by atoms with van der Waals surface area (Å²) in [4.78, 5) is 15.5. The Morgan fingerprint density at radius 2 is 1.94 bits per heavy atom. The van der Waals surface area contributed by atoms with Crippen LogP contribution in [0.15, 0.2) is 54.7 Å². The molecule has 0 aliphatic carbocycles. The molecule has 32 heavy (non-hydrogen) atoms. The Bertz CT molecular complexity index is 1280. The third-order valence-corrected chi connectivity index (χ3v) is 5.27. The molecular formula is C24H24N4O4. The van der Waals surface area contributed by atoms with E-state index in [4.69, 9.17) is 15.2 Å². The highest BCUT2D eigenvalue weighted by atomic mass is 16.5. The summed E-state index contributed by atoms with van der Waals surface area (Å²) in [5, 5.41) is 14.8. The normalized spacial score (nSPS) is 11.0. The van der Waals surface area contributed by atoms with Crippen LogP contribution in [0.4, 0.5) is 0 Å². The first-order chi connectivity index (χ1) is 15.5. The van der Waals surface area contributed by atoms with Crippen LogP contribution in [0.2, 0.25) is 0 Å². The molecule has 164 valence electrons. The lowest BCUT2D eigenvalue weighted by atomic mass is 10.0. The molecule has 8 nitrogen and oxygen atoms in total. The molecule has 0 unspecified atom stereocenters. The molecule has 2 aromatic heterocycles. The van der Waals surface area contributed by atoms with E-state index in [1.54, 1.807) is 36.2 Å². The summed E-state index contributed by atoms with van der Waals surface area (Å²) < 4.78 is 13.1. The van der Waals surface area contributed by atoms with Crippen LogP contribution in [-0.2, 0) is 31.4 Å². The number of hydrogen-bond donors (Lipinski definition) is 2. The van der Waals surface area contributed by atoms with Crippen LogP contribution in [0.5, 0.6) is 11.5 Å². The lowest BCUT2D eigenvalue weighted by Gasteiger charge is -2.11. The molecule has 0 radical (unpaired) electrons. The number of rotatable bonds is 8. The van der Waals surface area contributed by atoms with Gasteiger partial charge in [-0.2, -0.15) is 5.10 Å². The lowest BCUT2D eigenvalue weighted by molar-refractivity contribution is -0.136. The van der Waals surface area contributed by atoms with Crippen molar-refractivity contribution >= 4 is 16.9 Å². The minimum atomic E-state index is -0.929. The second kappa shape index (κ2) is 9.07. The summed E-state index contributed by atoms with van der Waals surface area (Å²) in [7, 11) is 3.44. The Morgan fingerprint density at radius 3 is 2.69 bits per heavy atom. The van der Waals surface area contributed by atoms with Crippen molar-refractivity contribution in [3.63, 3.8) is 0 Å². The number of nitrogens with two attached hydrogens (primary N) is 1. The molecule has 8 heteroatoms. The summed E-state index contributed by atoms with van der Waals surface area (Å²) >= 11 is 0. The number of aliphatic carboxylic acids is 1. The average Bonchev–Trinajstić information content (AvgIpc) is 3.13. The number of fused-ring (bicyclic) bond motifs is 1. The molecule has 3 N–H and O–H groups in total. The van der Waals surface area contributed by atoms with Crippen LogP contribution >= 0.6 is 0 Å². The largest absolute Gasteiger partial charge is 0.497 e. The predicted octanol–water partition coefficient (Wildman–Crippen LogP) is 3.31. The van der Waals surface area contributed by atoms with Crippen LogP contribution < -0.4 is 15.2 Å². The first-order valence-electron chi connectivity index (χ1n) is 10.1. The lowest BCUT2D eigenvalue weighted by Crippen LogP contribution is -2.05. The van der Waals surface area contributed by atoms with Crippen molar-refractivity contribution in [2.24, 2.45) is 12.8 Å².